The quantitative estimate of drug-likeness (QED) is 0.321. The van der Waals surface area contributed by atoms with Crippen LogP contribution >= 0.6 is 23.1 Å². The van der Waals surface area contributed by atoms with E-state index in [4.69, 9.17) is 0 Å². The molecule has 5 nitrogen and oxygen atoms in total. The second kappa shape index (κ2) is 9.03. The summed E-state index contributed by atoms with van der Waals surface area (Å²) >= 11 is 2.84. The van der Waals surface area contributed by atoms with Gasteiger partial charge in [0, 0.05) is 18.0 Å². The molecular formula is C17H23N3O2S2. The Bertz CT molecular complexity index is 780. The Kier molecular flexibility index (Phi) is 7.05. The topological polar surface area (TPSA) is 64.0 Å². The summed E-state index contributed by atoms with van der Waals surface area (Å²) < 4.78 is 1.59. The largest absolute Gasteiger partial charge is 0.355 e. The maximum absolute atomic E-state index is 12.7. The fourth-order valence-electron chi connectivity index (χ4n) is 2.21. The van der Waals surface area contributed by atoms with Crippen molar-refractivity contribution in [2.75, 3.05) is 12.3 Å². The first-order valence-electron chi connectivity index (χ1n) is 8.14. The molecule has 24 heavy (non-hydrogen) atoms. The van der Waals surface area contributed by atoms with Crippen LogP contribution in [0.2, 0.25) is 0 Å². The first-order chi connectivity index (χ1) is 11.6. The number of hydrogen-bond donors (Lipinski definition) is 1. The second-order valence-corrected chi connectivity index (χ2v) is 7.43. The summed E-state index contributed by atoms with van der Waals surface area (Å²) in [5.41, 5.74) is -0.0651. The molecule has 7 heteroatoms. The Hall–Kier alpha value is -1.60. The molecule has 0 saturated carbocycles. The van der Waals surface area contributed by atoms with Gasteiger partial charge in [-0.05, 0) is 18.9 Å². The molecule has 2 rings (SSSR count). The summed E-state index contributed by atoms with van der Waals surface area (Å²) in [7, 11) is 0. The molecule has 130 valence electrons. The molecule has 0 bridgehead atoms. The Morgan fingerprint density at radius 2 is 2.29 bits per heavy atom. The molecule has 0 fully saturated rings. The average molecular weight is 366 g/mol. The number of allylic oxidation sites excluding steroid dienone is 1. The van der Waals surface area contributed by atoms with Crippen molar-refractivity contribution in [1.29, 1.82) is 0 Å². The van der Waals surface area contributed by atoms with Gasteiger partial charge in [-0.1, -0.05) is 38.1 Å². The molecule has 0 aromatic carbocycles. The number of unbranched alkanes of at least 4 members (excludes halogenated alkanes) is 1. The van der Waals surface area contributed by atoms with Crippen LogP contribution in [0.15, 0.2) is 28.7 Å². The summed E-state index contributed by atoms with van der Waals surface area (Å²) in [6.45, 7) is 8.93. The Morgan fingerprint density at radius 3 is 2.96 bits per heavy atom. The Labute approximate surface area is 150 Å². The van der Waals surface area contributed by atoms with Gasteiger partial charge >= 0.3 is 0 Å². The van der Waals surface area contributed by atoms with E-state index in [1.165, 1.54) is 23.1 Å². The number of rotatable bonds is 9. The maximum atomic E-state index is 12.7. The van der Waals surface area contributed by atoms with Crippen molar-refractivity contribution in [1.82, 2.24) is 14.9 Å². The lowest BCUT2D eigenvalue weighted by Crippen LogP contribution is -2.27. The molecule has 0 saturated heterocycles. The molecular weight excluding hydrogens is 342 g/mol. The monoisotopic (exact) mass is 365 g/mol. The van der Waals surface area contributed by atoms with E-state index in [2.05, 4.69) is 30.7 Å². The molecule has 2 aromatic rings. The number of aryl methyl sites for hydroxylation is 1. The molecule has 0 aliphatic heterocycles. The van der Waals surface area contributed by atoms with Crippen LogP contribution < -0.4 is 10.9 Å². The number of thiophene rings is 1. The van der Waals surface area contributed by atoms with Crippen LogP contribution in [0.25, 0.3) is 10.2 Å². The third kappa shape index (κ3) is 4.48. The first kappa shape index (κ1) is 18.7. The zero-order valence-corrected chi connectivity index (χ0v) is 15.8. The number of aromatic nitrogens is 2. The van der Waals surface area contributed by atoms with Crippen molar-refractivity contribution in [3.8, 4) is 0 Å². The maximum Gasteiger partial charge on any atom is 0.263 e. The SMILES string of the molecule is C=CCn1c(SCC(=O)NCCCC)nc2sc(CC)cc2c1=O. The molecule has 0 spiro atoms. The fraction of sp³-hybridized carbons (Fsp3) is 0.471. The van der Waals surface area contributed by atoms with Crippen molar-refractivity contribution < 1.29 is 4.79 Å². The highest BCUT2D eigenvalue weighted by Gasteiger charge is 2.14. The minimum atomic E-state index is -0.0651. The van der Waals surface area contributed by atoms with Crippen molar-refractivity contribution in [2.24, 2.45) is 0 Å². The average Bonchev–Trinajstić information content (AvgIpc) is 2.99. The third-order valence-electron chi connectivity index (χ3n) is 3.51. The van der Waals surface area contributed by atoms with E-state index in [-0.39, 0.29) is 17.2 Å². The fourth-order valence-corrected chi connectivity index (χ4v) is 4.05. The number of carbonyl (C=O) groups is 1. The number of hydrogen-bond acceptors (Lipinski definition) is 5. The number of amides is 1. The van der Waals surface area contributed by atoms with E-state index in [9.17, 15) is 9.59 Å². The van der Waals surface area contributed by atoms with E-state index in [0.29, 0.717) is 23.6 Å². The van der Waals surface area contributed by atoms with Crippen LogP contribution in [-0.4, -0.2) is 27.8 Å². The standard InChI is InChI=1S/C17H23N3O2S2/c1-4-7-8-18-14(21)11-23-17-19-15-13(10-12(6-3)24-15)16(22)20(17)9-5-2/h5,10H,2,4,6-9,11H2,1,3H3,(H,18,21). The number of nitrogens with one attached hydrogen (secondary N) is 1. The van der Waals surface area contributed by atoms with Crippen LogP contribution in [0.3, 0.4) is 0 Å². The van der Waals surface area contributed by atoms with Crippen molar-refractivity contribution in [2.45, 2.75) is 44.8 Å². The van der Waals surface area contributed by atoms with Gasteiger partial charge in [0.25, 0.3) is 5.56 Å². The molecule has 0 radical (unpaired) electrons. The van der Waals surface area contributed by atoms with Gasteiger partial charge in [0.2, 0.25) is 5.91 Å². The van der Waals surface area contributed by atoms with Gasteiger partial charge in [-0.15, -0.1) is 17.9 Å². The Balaban J connectivity index is 2.24. The zero-order chi connectivity index (χ0) is 17.5. The van der Waals surface area contributed by atoms with Crippen molar-refractivity contribution >= 4 is 39.2 Å². The summed E-state index contributed by atoms with van der Waals surface area (Å²) in [4.78, 5) is 31.1. The van der Waals surface area contributed by atoms with Crippen LogP contribution in [0.4, 0.5) is 0 Å². The highest BCUT2D eigenvalue weighted by Crippen LogP contribution is 2.25. The lowest BCUT2D eigenvalue weighted by molar-refractivity contribution is -0.118. The summed E-state index contributed by atoms with van der Waals surface area (Å²) in [6, 6.07) is 1.92. The highest BCUT2D eigenvalue weighted by molar-refractivity contribution is 7.99. The summed E-state index contributed by atoms with van der Waals surface area (Å²) in [5.74, 6) is 0.221. The molecule has 0 aliphatic carbocycles. The minimum absolute atomic E-state index is 0.0339. The summed E-state index contributed by atoms with van der Waals surface area (Å²) in [6.07, 6.45) is 4.57. The van der Waals surface area contributed by atoms with E-state index in [1.807, 2.05) is 6.07 Å². The third-order valence-corrected chi connectivity index (χ3v) is 5.66. The predicted molar refractivity (Wildman–Crippen MR) is 102 cm³/mol. The molecule has 0 unspecified atom stereocenters. The normalized spacial score (nSPS) is 10.9. The lowest BCUT2D eigenvalue weighted by atomic mass is 10.3. The minimum Gasteiger partial charge on any atom is -0.355 e. The molecule has 1 N–H and O–H groups in total. The number of nitrogens with zero attached hydrogens (tertiary/aromatic N) is 2. The van der Waals surface area contributed by atoms with Gasteiger partial charge in [-0.25, -0.2) is 4.98 Å². The van der Waals surface area contributed by atoms with Gasteiger partial charge < -0.3 is 5.32 Å². The van der Waals surface area contributed by atoms with Gasteiger partial charge in [0.05, 0.1) is 11.1 Å². The molecule has 2 aromatic heterocycles. The first-order valence-corrected chi connectivity index (χ1v) is 9.94. The van der Waals surface area contributed by atoms with E-state index >= 15 is 0 Å². The molecule has 0 atom stereocenters. The molecule has 2 heterocycles. The van der Waals surface area contributed by atoms with Gasteiger partial charge in [-0.3, -0.25) is 14.2 Å². The van der Waals surface area contributed by atoms with Crippen molar-refractivity contribution in [3.63, 3.8) is 0 Å². The zero-order valence-electron chi connectivity index (χ0n) is 14.1. The smallest absolute Gasteiger partial charge is 0.263 e. The van der Waals surface area contributed by atoms with E-state index < -0.39 is 0 Å². The molecule has 1 amide bonds. The second-order valence-electron chi connectivity index (χ2n) is 5.38. The van der Waals surface area contributed by atoms with Crippen LogP contribution in [0, 0.1) is 0 Å². The molecule has 0 aliphatic rings. The van der Waals surface area contributed by atoms with Gasteiger partial charge in [0.1, 0.15) is 4.83 Å². The Morgan fingerprint density at radius 1 is 1.50 bits per heavy atom. The number of carbonyl (C=O) groups excluding carboxylic acids is 1. The van der Waals surface area contributed by atoms with Crippen LogP contribution in [0.5, 0.6) is 0 Å². The van der Waals surface area contributed by atoms with E-state index in [0.717, 1.165) is 29.0 Å². The highest BCUT2D eigenvalue weighted by atomic mass is 32.2. The van der Waals surface area contributed by atoms with Crippen LogP contribution in [-0.2, 0) is 17.8 Å². The van der Waals surface area contributed by atoms with Gasteiger partial charge in [0.15, 0.2) is 5.16 Å². The number of fused-ring (bicyclic) bond motifs is 1. The lowest BCUT2D eigenvalue weighted by Gasteiger charge is -2.10. The van der Waals surface area contributed by atoms with Crippen molar-refractivity contribution in [3.05, 3.63) is 34.0 Å². The predicted octanol–water partition coefficient (Wildman–Crippen LogP) is 3.21. The van der Waals surface area contributed by atoms with Gasteiger partial charge in [-0.2, -0.15) is 0 Å². The summed E-state index contributed by atoms with van der Waals surface area (Å²) in [5, 5.41) is 4.10. The van der Waals surface area contributed by atoms with E-state index in [1.54, 1.807) is 10.6 Å². The number of thioether (sulfide) groups is 1. The van der Waals surface area contributed by atoms with Crippen LogP contribution in [0.1, 0.15) is 31.6 Å².